The number of methoxy groups -OCH3 is 1. The van der Waals surface area contributed by atoms with Crippen molar-refractivity contribution in [3.8, 4) is 0 Å². The van der Waals surface area contributed by atoms with Crippen LogP contribution in [0.4, 0.5) is 13.2 Å². The lowest BCUT2D eigenvalue weighted by Gasteiger charge is -2.29. The highest BCUT2D eigenvalue weighted by atomic mass is 35.5. The number of nitrogens with zero attached hydrogens (tertiary/aromatic N) is 1. The number of hydrogen-bond acceptors (Lipinski definition) is 4. The molecule has 1 atom stereocenters. The maximum Gasteiger partial charge on any atom is 0.435 e. The first kappa shape index (κ1) is 20.5. The Balaban J connectivity index is 2.04. The highest BCUT2D eigenvalue weighted by Crippen LogP contribution is 2.49. The number of oxime groups is 1. The van der Waals surface area contributed by atoms with E-state index in [1.54, 1.807) is 19.1 Å². The molecule has 2 aromatic carbocycles. The molecule has 1 unspecified atom stereocenters. The van der Waals surface area contributed by atoms with Gasteiger partial charge in [0.15, 0.2) is 0 Å². The van der Waals surface area contributed by atoms with Gasteiger partial charge < -0.3 is 9.57 Å². The molecule has 0 radical (unpaired) electrons. The van der Waals surface area contributed by atoms with Crippen LogP contribution in [0.1, 0.15) is 33.5 Å². The Labute approximate surface area is 168 Å². The molecule has 0 spiro atoms. The molecular weight excluding hydrogens is 418 g/mol. The first-order valence-corrected chi connectivity index (χ1v) is 8.80. The summed E-state index contributed by atoms with van der Waals surface area (Å²) in [7, 11) is 1.22. The fourth-order valence-corrected chi connectivity index (χ4v) is 3.50. The summed E-state index contributed by atoms with van der Waals surface area (Å²) in [5, 5.41) is 3.77. The lowest BCUT2D eigenvalue weighted by Crippen LogP contribution is -2.42. The topological polar surface area (TPSA) is 47.9 Å². The van der Waals surface area contributed by atoms with Crippen LogP contribution in [-0.4, -0.2) is 25.0 Å². The number of ether oxygens (including phenoxy) is 1. The molecule has 2 aromatic rings. The predicted molar refractivity (Wildman–Crippen MR) is 99.0 cm³/mol. The Morgan fingerprint density at radius 3 is 2.39 bits per heavy atom. The zero-order valence-electron chi connectivity index (χ0n) is 14.7. The van der Waals surface area contributed by atoms with Gasteiger partial charge in [-0.15, -0.1) is 0 Å². The molecule has 3 rings (SSSR count). The van der Waals surface area contributed by atoms with Crippen molar-refractivity contribution < 1.29 is 27.5 Å². The zero-order chi connectivity index (χ0) is 20.7. The summed E-state index contributed by atoms with van der Waals surface area (Å²) in [6.45, 7) is 1.69. The van der Waals surface area contributed by atoms with E-state index < -0.39 is 24.2 Å². The normalized spacial score (nSPS) is 19.2. The van der Waals surface area contributed by atoms with Crippen LogP contribution in [0.2, 0.25) is 10.0 Å². The monoisotopic (exact) mass is 431 g/mol. The Morgan fingerprint density at radius 1 is 1.18 bits per heavy atom. The first-order valence-electron chi connectivity index (χ1n) is 8.05. The summed E-state index contributed by atoms with van der Waals surface area (Å²) in [6, 6.07) is 8.23. The van der Waals surface area contributed by atoms with E-state index in [1.807, 2.05) is 0 Å². The fourth-order valence-electron chi connectivity index (χ4n) is 2.98. The van der Waals surface area contributed by atoms with Gasteiger partial charge >= 0.3 is 12.1 Å². The number of carbonyl (C=O) groups excluding carboxylic acids is 1. The SMILES string of the molecule is COC(=O)c1cc(C2=NOC(c3cc(Cl)cc(Cl)c3)(C(F)(F)F)C2)ccc1C. The van der Waals surface area contributed by atoms with Crippen molar-refractivity contribution in [1.82, 2.24) is 0 Å². The highest BCUT2D eigenvalue weighted by molar-refractivity contribution is 6.34. The van der Waals surface area contributed by atoms with Crippen molar-refractivity contribution in [2.75, 3.05) is 7.11 Å². The van der Waals surface area contributed by atoms with Crippen LogP contribution in [0.25, 0.3) is 0 Å². The third kappa shape index (κ3) is 3.56. The third-order valence-corrected chi connectivity index (χ3v) is 4.93. The first-order chi connectivity index (χ1) is 13.1. The van der Waals surface area contributed by atoms with Crippen molar-refractivity contribution in [3.05, 3.63) is 68.7 Å². The number of rotatable bonds is 3. The van der Waals surface area contributed by atoms with Gasteiger partial charge in [-0.3, -0.25) is 0 Å². The van der Waals surface area contributed by atoms with Crippen LogP contribution in [0.15, 0.2) is 41.6 Å². The lowest BCUT2D eigenvalue weighted by molar-refractivity contribution is -0.275. The van der Waals surface area contributed by atoms with Crippen molar-refractivity contribution in [2.24, 2.45) is 5.16 Å². The number of hydrogen-bond donors (Lipinski definition) is 0. The van der Waals surface area contributed by atoms with Crippen LogP contribution in [-0.2, 0) is 15.2 Å². The van der Waals surface area contributed by atoms with E-state index in [0.29, 0.717) is 11.1 Å². The Bertz CT molecular complexity index is 955. The quantitative estimate of drug-likeness (QED) is 0.588. The molecule has 1 heterocycles. The minimum absolute atomic E-state index is 0.0403. The van der Waals surface area contributed by atoms with Crippen molar-refractivity contribution in [1.29, 1.82) is 0 Å². The summed E-state index contributed by atoms with van der Waals surface area (Å²) in [4.78, 5) is 16.8. The second kappa shape index (κ2) is 7.29. The lowest BCUT2D eigenvalue weighted by atomic mass is 9.86. The molecule has 0 amide bonds. The van der Waals surface area contributed by atoms with Crippen LogP contribution in [0.5, 0.6) is 0 Å². The summed E-state index contributed by atoms with van der Waals surface area (Å²) in [5.74, 6) is -0.595. The van der Waals surface area contributed by atoms with Crippen LogP contribution >= 0.6 is 23.2 Å². The van der Waals surface area contributed by atoms with E-state index in [-0.39, 0.29) is 26.9 Å². The van der Waals surface area contributed by atoms with Gasteiger partial charge in [-0.05, 0) is 36.8 Å². The van der Waals surface area contributed by atoms with E-state index in [9.17, 15) is 18.0 Å². The van der Waals surface area contributed by atoms with Gasteiger partial charge in [-0.1, -0.05) is 40.5 Å². The van der Waals surface area contributed by atoms with Crippen molar-refractivity contribution >= 4 is 34.9 Å². The molecule has 4 nitrogen and oxygen atoms in total. The molecule has 0 aromatic heterocycles. The average Bonchev–Trinajstić information content (AvgIpc) is 3.07. The highest BCUT2D eigenvalue weighted by Gasteiger charge is 2.62. The number of esters is 1. The summed E-state index contributed by atoms with van der Waals surface area (Å²) in [6.07, 6.45) is -5.39. The molecule has 0 saturated carbocycles. The van der Waals surface area contributed by atoms with E-state index >= 15 is 0 Å². The molecule has 1 aliphatic heterocycles. The molecule has 28 heavy (non-hydrogen) atoms. The second-order valence-electron chi connectivity index (χ2n) is 6.31. The minimum Gasteiger partial charge on any atom is -0.465 e. The number of halogens is 5. The maximum absolute atomic E-state index is 14.0. The molecular formula is C19H14Cl2F3NO3. The molecule has 0 bridgehead atoms. The summed E-state index contributed by atoms with van der Waals surface area (Å²) in [5.41, 5.74) is -1.76. The Hall–Kier alpha value is -2.25. The molecule has 1 aliphatic rings. The van der Waals surface area contributed by atoms with E-state index in [4.69, 9.17) is 32.8 Å². The molecule has 148 valence electrons. The van der Waals surface area contributed by atoms with E-state index in [2.05, 4.69) is 5.16 Å². The van der Waals surface area contributed by atoms with Gasteiger partial charge in [-0.25, -0.2) is 4.79 Å². The smallest absolute Gasteiger partial charge is 0.435 e. The van der Waals surface area contributed by atoms with Crippen LogP contribution in [0.3, 0.4) is 0 Å². The Morgan fingerprint density at radius 2 is 1.82 bits per heavy atom. The molecule has 9 heteroatoms. The average molecular weight is 432 g/mol. The molecule has 0 fully saturated rings. The van der Waals surface area contributed by atoms with Crippen molar-refractivity contribution in [3.63, 3.8) is 0 Å². The second-order valence-corrected chi connectivity index (χ2v) is 7.18. The van der Waals surface area contributed by atoms with Gasteiger partial charge in [0, 0.05) is 27.6 Å². The number of benzene rings is 2. The predicted octanol–water partition coefficient (Wildman–Crippen LogP) is 5.67. The van der Waals surface area contributed by atoms with Crippen LogP contribution < -0.4 is 0 Å². The van der Waals surface area contributed by atoms with E-state index in [1.165, 1.54) is 19.2 Å². The molecule has 0 aliphatic carbocycles. The molecule has 0 saturated heterocycles. The standard InChI is InChI=1S/C19H14Cl2F3NO3/c1-10-3-4-11(5-15(10)17(26)27-2)16-9-18(28-25-16,19(22,23)24)12-6-13(20)8-14(21)7-12/h3-8H,9H2,1-2H3. The zero-order valence-corrected chi connectivity index (χ0v) is 16.2. The number of carbonyl (C=O) groups is 1. The minimum atomic E-state index is -4.79. The van der Waals surface area contributed by atoms with E-state index in [0.717, 1.165) is 12.1 Å². The van der Waals surface area contributed by atoms with Gasteiger partial charge in [0.25, 0.3) is 5.60 Å². The van der Waals surface area contributed by atoms with Crippen LogP contribution in [0, 0.1) is 6.92 Å². The summed E-state index contributed by atoms with van der Waals surface area (Å²) < 4.78 is 46.8. The van der Waals surface area contributed by atoms with Gasteiger partial charge in [-0.2, -0.15) is 13.2 Å². The third-order valence-electron chi connectivity index (χ3n) is 4.49. The van der Waals surface area contributed by atoms with Gasteiger partial charge in [0.2, 0.25) is 0 Å². The van der Waals surface area contributed by atoms with Gasteiger partial charge in [0.05, 0.1) is 18.4 Å². The van der Waals surface area contributed by atoms with Gasteiger partial charge in [0.1, 0.15) is 0 Å². The Kier molecular flexibility index (Phi) is 5.34. The largest absolute Gasteiger partial charge is 0.465 e. The number of alkyl halides is 3. The fraction of sp³-hybridized carbons (Fsp3) is 0.263. The van der Waals surface area contributed by atoms with Crippen molar-refractivity contribution in [2.45, 2.75) is 25.1 Å². The summed E-state index contributed by atoms with van der Waals surface area (Å²) >= 11 is 11.8. The maximum atomic E-state index is 14.0. The number of aryl methyl sites for hydroxylation is 1. The molecule has 0 N–H and O–H groups in total.